The van der Waals surface area contributed by atoms with Crippen LogP contribution in [0.3, 0.4) is 0 Å². The van der Waals surface area contributed by atoms with Gasteiger partial charge in [0.25, 0.3) is 0 Å². The molecule has 0 aliphatic rings. The molecular weight excluding hydrogens is 278 g/mol. The molecule has 2 aromatic rings. The minimum atomic E-state index is 0.280. The van der Waals surface area contributed by atoms with Crippen molar-refractivity contribution < 1.29 is 14.2 Å². The molecule has 1 unspecified atom stereocenters. The van der Waals surface area contributed by atoms with E-state index in [-0.39, 0.29) is 5.92 Å². The summed E-state index contributed by atoms with van der Waals surface area (Å²) in [6.07, 6.45) is 0.835. The third-order valence-corrected chi connectivity index (χ3v) is 3.65. The SMILES string of the molecule is COc1cccc(OC)c1OCCC(CN)c1ccccc1. The fraction of sp³-hybridized carbons (Fsp3) is 0.333. The molecule has 4 nitrogen and oxygen atoms in total. The molecule has 118 valence electrons. The van der Waals surface area contributed by atoms with Crippen LogP contribution in [0.15, 0.2) is 48.5 Å². The number of hydrogen-bond donors (Lipinski definition) is 1. The van der Waals surface area contributed by atoms with Crippen LogP contribution in [0, 0.1) is 0 Å². The molecule has 2 N–H and O–H groups in total. The van der Waals surface area contributed by atoms with Crippen molar-refractivity contribution in [2.45, 2.75) is 12.3 Å². The van der Waals surface area contributed by atoms with Gasteiger partial charge in [0.05, 0.1) is 20.8 Å². The number of ether oxygens (including phenoxy) is 3. The van der Waals surface area contributed by atoms with Gasteiger partial charge in [-0.2, -0.15) is 0 Å². The van der Waals surface area contributed by atoms with E-state index in [1.807, 2.05) is 36.4 Å². The molecule has 0 radical (unpaired) electrons. The van der Waals surface area contributed by atoms with Crippen LogP contribution in [-0.4, -0.2) is 27.4 Å². The fourth-order valence-corrected chi connectivity index (χ4v) is 2.41. The maximum atomic E-state index is 5.90. The number of rotatable bonds is 8. The lowest BCUT2D eigenvalue weighted by Crippen LogP contribution is -2.15. The van der Waals surface area contributed by atoms with Gasteiger partial charge in [-0.05, 0) is 36.6 Å². The topological polar surface area (TPSA) is 53.7 Å². The smallest absolute Gasteiger partial charge is 0.203 e. The summed E-state index contributed by atoms with van der Waals surface area (Å²) in [7, 11) is 3.24. The van der Waals surface area contributed by atoms with Gasteiger partial charge < -0.3 is 19.9 Å². The van der Waals surface area contributed by atoms with Gasteiger partial charge >= 0.3 is 0 Å². The highest BCUT2D eigenvalue weighted by Crippen LogP contribution is 2.37. The second kappa shape index (κ2) is 8.29. The Hall–Kier alpha value is -2.20. The first-order valence-corrected chi connectivity index (χ1v) is 7.39. The van der Waals surface area contributed by atoms with Crippen molar-refractivity contribution in [1.82, 2.24) is 0 Å². The summed E-state index contributed by atoms with van der Waals surface area (Å²) in [6, 6.07) is 15.8. The van der Waals surface area contributed by atoms with Crippen molar-refractivity contribution in [3.05, 3.63) is 54.1 Å². The Morgan fingerprint density at radius 1 is 0.909 bits per heavy atom. The Morgan fingerprint density at radius 2 is 1.55 bits per heavy atom. The summed E-state index contributed by atoms with van der Waals surface area (Å²) in [5.41, 5.74) is 7.13. The number of benzene rings is 2. The van der Waals surface area contributed by atoms with Crippen molar-refractivity contribution in [3.63, 3.8) is 0 Å². The van der Waals surface area contributed by atoms with E-state index in [9.17, 15) is 0 Å². The van der Waals surface area contributed by atoms with Crippen LogP contribution in [0.2, 0.25) is 0 Å². The van der Waals surface area contributed by atoms with Crippen molar-refractivity contribution >= 4 is 0 Å². The Labute approximate surface area is 131 Å². The molecule has 0 aliphatic carbocycles. The van der Waals surface area contributed by atoms with E-state index >= 15 is 0 Å². The first-order chi connectivity index (χ1) is 10.8. The molecule has 0 fully saturated rings. The quantitative estimate of drug-likeness (QED) is 0.813. The van der Waals surface area contributed by atoms with E-state index in [1.54, 1.807) is 14.2 Å². The van der Waals surface area contributed by atoms with Crippen LogP contribution in [0.1, 0.15) is 17.9 Å². The maximum absolute atomic E-state index is 5.90. The molecule has 0 aliphatic heterocycles. The molecule has 1 atom stereocenters. The monoisotopic (exact) mass is 301 g/mol. The highest BCUT2D eigenvalue weighted by molar-refractivity contribution is 5.51. The van der Waals surface area contributed by atoms with Crippen LogP contribution in [-0.2, 0) is 0 Å². The van der Waals surface area contributed by atoms with Crippen LogP contribution in [0.25, 0.3) is 0 Å². The average Bonchev–Trinajstić information content (AvgIpc) is 2.59. The molecule has 0 bridgehead atoms. The lowest BCUT2D eigenvalue weighted by Gasteiger charge is -2.18. The van der Waals surface area contributed by atoms with E-state index in [0.29, 0.717) is 30.4 Å². The second-order valence-corrected chi connectivity index (χ2v) is 4.97. The van der Waals surface area contributed by atoms with E-state index in [2.05, 4.69) is 12.1 Å². The second-order valence-electron chi connectivity index (χ2n) is 4.97. The molecule has 0 saturated heterocycles. The number of para-hydroxylation sites is 1. The molecule has 0 heterocycles. The van der Waals surface area contributed by atoms with Crippen LogP contribution >= 0.6 is 0 Å². The highest BCUT2D eigenvalue weighted by Gasteiger charge is 2.13. The Morgan fingerprint density at radius 3 is 2.09 bits per heavy atom. The average molecular weight is 301 g/mol. The number of methoxy groups -OCH3 is 2. The van der Waals surface area contributed by atoms with Gasteiger partial charge in [-0.25, -0.2) is 0 Å². The van der Waals surface area contributed by atoms with Crippen molar-refractivity contribution in [3.8, 4) is 17.2 Å². The zero-order chi connectivity index (χ0) is 15.8. The largest absolute Gasteiger partial charge is 0.493 e. The third-order valence-electron chi connectivity index (χ3n) is 3.65. The van der Waals surface area contributed by atoms with E-state index in [0.717, 1.165) is 6.42 Å². The van der Waals surface area contributed by atoms with Crippen LogP contribution < -0.4 is 19.9 Å². The molecular formula is C18H23NO3. The minimum absolute atomic E-state index is 0.280. The molecule has 0 amide bonds. The zero-order valence-electron chi connectivity index (χ0n) is 13.1. The molecule has 4 heteroatoms. The Balaban J connectivity index is 2.01. The predicted molar refractivity (Wildman–Crippen MR) is 87.9 cm³/mol. The van der Waals surface area contributed by atoms with Gasteiger partial charge in [-0.3, -0.25) is 0 Å². The van der Waals surface area contributed by atoms with Gasteiger partial charge in [-0.15, -0.1) is 0 Å². The number of hydrogen-bond acceptors (Lipinski definition) is 4. The third kappa shape index (κ3) is 3.92. The summed E-state index contributed by atoms with van der Waals surface area (Å²) >= 11 is 0. The maximum Gasteiger partial charge on any atom is 0.203 e. The normalized spacial score (nSPS) is 11.8. The van der Waals surface area contributed by atoms with Crippen molar-refractivity contribution in [1.29, 1.82) is 0 Å². The van der Waals surface area contributed by atoms with E-state index in [1.165, 1.54) is 5.56 Å². The van der Waals surface area contributed by atoms with Gasteiger partial charge in [0.2, 0.25) is 5.75 Å². The minimum Gasteiger partial charge on any atom is -0.493 e. The van der Waals surface area contributed by atoms with Crippen molar-refractivity contribution in [2.24, 2.45) is 5.73 Å². The predicted octanol–water partition coefficient (Wildman–Crippen LogP) is 3.22. The van der Waals surface area contributed by atoms with Crippen LogP contribution in [0.4, 0.5) is 0 Å². The van der Waals surface area contributed by atoms with Gasteiger partial charge in [0.15, 0.2) is 11.5 Å². The lowest BCUT2D eigenvalue weighted by molar-refractivity contribution is 0.263. The molecule has 2 rings (SSSR count). The first kappa shape index (κ1) is 16.2. The summed E-state index contributed by atoms with van der Waals surface area (Å²) in [5.74, 6) is 2.25. The molecule has 2 aromatic carbocycles. The highest BCUT2D eigenvalue weighted by atomic mass is 16.5. The fourth-order valence-electron chi connectivity index (χ4n) is 2.41. The number of nitrogens with two attached hydrogens (primary N) is 1. The standard InChI is InChI=1S/C18H23NO3/c1-20-16-9-6-10-17(21-2)18(16)22-12-11-15(13-19)14-7-4-3-5-8-14/h3-10,15H,11-13,19H2,1-2H3. The summed E-state index contributed by atoms with van der Waals surface area (Å²) in [5, 5.41) is 0. The van der Waals surface area contributed by atoms with E-state index in [4.69, 9.17) is 19.9 Å². The van der Waals surface area contributed by atoms with Gasteiger partial charge in [0.1, 0.15) is 0 Å². The lowest BCUT2D eigenvalue weighted by atomic mass is 9.96. The zero-order valence-corrected chi connectivity index (χ0v) is 13.1. The summed E-state index contributed by atoms with van der Waals surface area (Å²) in [6.45, 7) is 1.14. The first-order valence-electron chi connectivity index (χ1n) is 7.39. The summed E-state index contributed by atoms with van der Waals surface area (Å²) in [4.78, 5) is 0. The molecule has 0 spiro atoms. The van der Waals surface area contributed by atoms with Crippen LogP contribution in [0.5, 0.6) is 17.2 Å². The van der Waals surface area contributed by atoms with Gasteiger partial charge in [-0.1, -0.05) is 36.4 Å². The molecule has 0 aromatic heterocycles. The molecule has 22 heavy (non-hydrogen) atoms. The van der Waals surface area contributed by atoms with Crippen molar-refractivity contribution in [2.75, 3.05) is 27.4 Å². The molecule has 0 saturated carbocycles. The summed E-state index contributed by atoms with van der Waals surface area (Å²) < 4.78 is 16.6. The Bertz CT molecular complexity index is 550. The Kier molecular flexibility index (Phi) is 6.10. The van der Waals surface area contributed by atoms with E-state index < -0.39 is 0 Å². The van der Waals surface area contributed by atoms with Gasteiger partial charge in [0, 0.05) is 0 Å².